The molecule has 0 saturated carbocycles. The topological polar surface area (TPSA) is 115 Å². The van der Waals surface area contributed by atoms with Crippen LogP contribution in [0.25, 0.3) is 0 Å². The number of nitrogens with zero attached hydrogens (tertiary/aromatic N) is 2. The van der Waals surface area contributed by atoms with Gasteiger partial charge in [-0.3, -0.25) is 4.98 Å². The van der Waals surface area contributed by atoms with Crippen LogP contribution < -0.4 is 15.2 Å². The number of carbonyl (C=O) groups is 1. The van der Waals surface area contributed by atoms with Crippen molar-refractivity contribution in [1.82, 2.24) is 15.2 Å². The van der Waals surface area contributed by atoms with Crippen molar-refractivity contribution in [2.75, 3.05) is 13.2 Å². The number of benzene rings is 1. The minimum absolute atomic E-state index is 0.0788. The number of amides is 2. The fraction of sp³-hybridized carbons (Fsp3) is 0.333. The highest BCUT2D eigenvalue weighted by molar-refractivity contribution is 7.89. The number of hydrogen-bond donors (Lipinski definition) is 2. The van der Waals surface area contributed by atoms with Gasteiger partial charge >= 0.3 is 6.03 Å². The van der Waals surface area contributed by atoms with E-state index < -0.39 is 10.0 Å². The Morgan fingerprint density at radius 3 is 2.85 bits per heavy atom. The summed E-state index contributed by atoms with van der Waals surface area (Å²) in [6.45, 7) is 5.19. The van der Waals surface area contributed by atoms with Crippen molar-refractivity contribution >= 4 is 16.1 Å². The second kappa shape index (κ2) is 7.53. The third-order valence-electron chi connectivity index (χ3n) is 4.41. The van der Waals surface area contributed by atoms with Gasteiger partial charge in [0.05, 0.1) is 13.1 Å². The van der Waals surface area contributed by atoms with Gasteiger partial charge in [0.25, 0.3) is 0 Å². The van der Waals surface area contributed by atoms with Crippen LogP contribution in [0.1, 0.15) is 22.4 Å². The number of carbonyl (C=O) groups excluding carboxylic acids is 1. The number of primary sulfonamides is 1. The molecular formula is C18H22N4O4S. The molecule has 0 atom stereocenters. The van der Waals surface area contributed by atoms with Gasteiger partial charge in [0.15, 0.2) is 0 Å². The first-order valence-electron chi connectivity index (χ1n) is 8.47. The number of ether oxygens (including phenoxy) is 1. The van der Waals surface area contributed by atoms with E-state index in [2.05, 4.69) is 10.3 Å². The smallest absolute Gasteiger partial charge is 0.318 e. The fourth-order valence-corrected chi connectivity index (χ4v) is 3.38. The van der Waals surface area contributed by atoms with Crippen LogP contribution in [-0.4, -0.2) is 37.5 Å². The number of sulfonamides is 1. The van der Waals surface area contributed by atoms with Gasteiger partial charge in [-0.1, -0.05) is 17.7 Å². The molecule has 0 bridgehead atoms. The van der Waals surface area contributed by atoms with Gasteiger partial charge in [-0.25, -0.2) is 18.4 Å². The van der Waals surface area contributed by atoms with Gasteiger partial charge in [-0.2, -0.15) is 0 Å². The third-order valence-corrected chi connectivity index (χ3v) is 5.29. The van der Waals surface area contributed by atoms with Crippen LogP contribution in [0.15, 0.2) is 35.4 Å². The van der Waals surface area contributed by atoms with E-state index in [1.165, 1.54) is 12.3 Å². The number of urea groups is 1. The molecule has 2 amide bonds. The second-order valence-corrected chi connectivity index (χ2v) is 8.06. The molecule has 0 saturated heterocycles. The quantitative estimate of drug-likeness (QED) is 0.823. The Morgan fingerprint density at radius 2 is 2.11 bits per heavy atom. The van der Waals surface area contributed by atoms with E-state index in [0.29, 0.717) is 31.0 Å². The molecule has 0 unspecified atom stereocenters. The number of nitrogens with two attached hydrogens (primary N) is 1. The Balaban J connectivity index is 1.71. The third kappa shape index (κ3) is 4.55. The summed E-state index contributed by atoms with van der Waals surface area (Å²) in [7, 11) is -3.85. The number of aromatic nitrogens is 1. The van der Waals surface area contributed by atoms with Crippen molar-refractivity contribution in [3.8, 4) is 5.75 Å². The molecule has 1 aromatic carbocycles. The van der Waals surface area contributed by atoms with Crippen molar-refractivity contribution in [3.63, 3.8) is 0 Å². The largest absolute Gasteiger partial charge is 0.491 e. The maximum absolute atomic E-state index is 12.6. The van der Waals surface area contributed by atoms with Crippen molar-refractivity contribution in [2.45, 2.75) is 31.8 Å². The zero-order valence-electron chi connectivity index (χ0n) is 15.2. The molecule has 1 aliphatic rings. The number of pyridine rings is 1. The number of nitrogens with one attached hydrogen (secondary N) is 1. The Kier molecular flexibility index (Phi) is 5.33. The summed E-state index contributed by atoms with van der Waals surface area (Å²) in [4.78, 5) is 18.2. The van der Waals surface area contributed by atoms with E-state index in [1.54, 1.807) is 11.8 Å². The van der Waals surface area contributed by atoms with E-state index >= 15 is 0 Å². The Bertz CT molecular complexity index is 975. The highest BCUT2D eigenvalue weighted by atomic mass is 32.2. The predicted octanol–water partition coefficient (Wildman–Crippen LogP) is 1.45. The zero-order chi connectivity index (χ0) is 19.6. The highest BCUT2D eigenvalue weighted by Crippen LogP contribution is 2.24. The molecule has 0 radical (unpaired) electrons. The van der Waals surface area contributed by atoms with Crippen LogP contribution in [0, 0.1) is 13.8 Å². The lowest BCUT2D eigenvalue weighted by Gasteiger charge is -2.21. The molecule has 3 rings (SSSR count). The van der Waals surface area contributed by atoms with Crippen LogP contribution in [-0.2, 0) is 23.1 Å². The van der Waals surface area contributed by atoms with Gasteiger partial charge in [0, 0.05) is 24.0 Å². The predicted molar refractivity (Wildman–Crippen MR) is 99.7 cm³/mol. The number of hydrogen-bond acceptors (Lipinski definition) is 5. The molecule has 8 nitrogen and oxygen atoms in total. The monoisotopic (exact) mass is 390 g/mol. The normalized spacial score (nSPS) is 14.1. The minimum Gasteiger partial charge on any atom is -0.491 e. The van der Waals surface area contributed by atoms with Crippen molar-refractivity contribution in [1.29, 1.82) is 0 Å². The average Bonchev–Trinajstić information content (AvgIpc) is 2.81. The van der Waals surface area contributed by atoms with Crippen LogP contribution in [0.2, 0.25) is 0 Å². The second-order valence-electron chi connectivity index (χ2n) is 6.50. The summed E-state index contributed by atoms with van der Waals surface area (Å²) in [5, 5.41) is 7.96. The number of fused-ring (bicyclic) bond motifs is 1. The summed E-state index contributed by atoms with van der Waals surface area (Å²) < 4.78 is 28.7. The maximum atomic E-state index is 12.6. The summed E-state index contributed by atoms with van der Waals surface area (Å²) in [5.74, 6) is 0.789. The number of rotatable bonds is 3. The van der Waals surface area contributed by atoms with E-state index in [9.17, 15) is 13.2 Å². The molecule has 1 aliphatic heterocycles. The Hall–Kier alpha value is -2.65. The van der Waals surface area contributed by atoms with E-state index in [1.807, 2.05) is 25.1 Å². The fourth-order valence-electron chi connectivity index (χ4n) is 2.87. The molecule has 2 heterocycles. The standard InChI is InChI=1S/C18H22N4O4S/c1-12-3-4-17-15(7-12)11-22(5-6-26-17)18(23)21-9-14-8-16(27(19,24)25)10-20-13(14)2/h3-4,7-8,10H,5-6,9,11H2,1-2H3,(H,21,23)(H2,19,24,25). The van der Waals surface area contributed by atoms with E-state index in [-0.39, 0.29) is 17.5 Å². The highest BCUT2D eigenvalue weighted by Gasteiger charge is 2.20. The molecule has 0 fully saturated rings. The number of aryl methyl sites for hydroxylation is 2. The lowest BCUT2D eigenvalue weighted by atomic mass is 10.1. The lowest BCUT2D eigenvalue weighted by molar-refractivity contribution is 0.187. The molecular weight excluding hydrogens is 368 g/mol. The van der Waals surface area contributed by atoms with Crippen molar-refractivity contribution in [2.24, 2.45) is 5.14 Å². The first-order chi connectivity index (χ1) is 12.7. The average molecular weight is 390 g/mol. The van der Waals surface area contributed by atoms with Crippen LogP contribution in [0.3, 0.4) is 0 Å². The summed E-state index contributed by atoms with van der Waals surface area (Å²) in [6, 6.07) is 7.07. The lowest BCUT2D eigenvalue weighted by Crippen LogP contribution is -2.40. The molecule has 144 valence electrons. The summed E-state index contributed by atoms with van der Waals surface area (Å²) in [6.07, 6.45) is 1.21. The van der Waals surface area contributed by atoms with E-state index in [4.69, 9.17) is 9.88 Å². The SMILES string of the molecule is Cc1ccc2c(c1)CN(C(=O)NCc1cc(S(N)(=O)=O)cnc1C)CCO2. The summed E-state index contributed by atoms with van der Waals surface area (Å²) in [5.41, 5.74) is 3.28. The molecule has 27 heavy (non-hydrogen) atoms. The van der Waals surface area contributed by atoms with Crippen LogP contribution in [0.4, 0.5) is 4.79 Å². The molecule has 2 aromatic rings. The first-order valence-corrected chi connectivity index (χ1v) is 10.0. The van der Waals surface area contributed by atoms with Crippen molar-refractivity contribution in [3.05, 3.63) is 52.8 Å². The van der Waals surface area contributed by atoms with Crippen LogP contribution >= 0.6 is 0 Å². The molecule has 0 spiro atoms. The molecule has 3 N–H and O–H groups in total. The van der Waals surface area contributed by atoms with E-state index in [0.717, 1.165) is 16.9 Å². The molecule has 1 aromatic heterocycles. The minimum atomic E-state index is -3.85. The Morgan fingerprint density at radius 1 is 1.33 bits per heavy atom. The molecule has 9 heteroatoms. The molecule has 0 aliphatic carbocycles. The van der Waals surface area contributed by atoms with Gasteiger partial charge in [-0.15, -0.1) is 0 Å². The Labute approximate surface area is 158 Å². The maximum Gasteiger partial charge on any atom is 0.318 e. The van der Waals surface area contributed by atoms with Crippen LogP contribution in [0.5, 0.6) is 5.75 Å². The summed E-state index contributed by atoms with van der Waals surface area (Å²) >= 11 is 0. The zero-order valence-corrected chi connectivity index (χ0v) is 16.0. The van der Waals surface area contributed by atoms with Crippen molar-refractivity contribution < 1.29 is 17.9 Å². The van der Waals surface area contributed by atoms with Gasteiger partial charge in [-0.05, 0) is 31.5 Å². The van der Waals surface area contributed by atoms with Gasteiger partial charge in [0.1, 0.15) is 17.3 Å². The van der Waals surface area contributed by atoms with Gasteiger partial charge in [0.2, 0.25) is 10.0 Å². The van der Waals surface area contributed by atoms with Gasteiger partial charge < -0.3 is 15.0 Å². The first kappa shape index (κ1) is 19.1.